The van der Waals surface area contributed by atoms with E-state index in [9.17, 15) is 9.59 Å². The van der Waals surface area contributed by atoms with Crippen LogP contribution in [0.2, 0.25) is 0 Å². The second-order valence-electron chi connectivity index (χ2n) is 4.20. The van der Waals surface area contributed by atoms with Gasteiger partial charge < -0.3 is 0 Å². The van der Waals surface area contributed by atoms with Crippen molar-refractivity contribution in [3.8, 4) is 0 Å². The molecule has 1 saturated heterocycles. The molecule has 1 N–H and O–H groups in total. The van der Waals surface area contributed by atoms with Crippen molar-refractivity contribution in [2.75, 3.05) is 13.7 Å². The van der Waals surface area contributed by atoms with Gasteiger partial charge in [0, 0.05) is 18.1 Å². The maximum Gasteiger partial charge on any atom is 0.228 e. The Balaban J connectivity index is 2.13. The molecule has 18 heavy (non-hydrogen) atoms. The molecule has 5 nitrogen and oxygen atoms in total. The molecule has 1 aliphatic heterocycles. The van der Waals surface area contributed by atoms with Crippen molar-refractivity contribution in [3.05, 3.63) is 34.3 Å². The van der Waals surface area contributed by atoms with Crippen LogP contribution in [-0.2, 0) is 16.1 Å². The quantitative estimate of drug-likeness (QED) is 0.657. The van der Waals surface area contributed by atoms with Gasteiger partial charge >= 0.3 is 0 Å². The number of hydrogen-bond acceptors (Lipinski definition) is 5. The van der Waals surface area contributed by atoms with E-state index in [1.807, 2.05) is 29.2 Å². The second-order valence-corrected chi connectivity index (χ2v) is 5.11. The summed E-state index contributed by atoms with van der Waals surface area (Å²) in [5, 5.41) is 1.66. The van der Waals surface area contributed by atoms with Crippen LogP contribution in [0.4, 0.5) is 0 Å². The number of benzene rings is 1. The summed E-state index contributed by atoms with van der Waals surface area (Å²) < 4.78 is 0.999. The minimum absolute atomic E-state index is 0.377. The fraction of sp³-hybridized carbons (Fsp3) is 0.333. The molecule has 1 aliphatic rings. The van der Waals surface area contributed by atoms with Gasteiger partial charge in [-0.1, -0.05) is 28.1 Å². The molecule has 0 amide bonds. The number of hydrazine groups is 1. The Morgan fingerprint density at radius 2 is 2.39 bits per heavy atom. The van der Waals surface area contributed by atoms with E-state index < -0.39 is 11.9 Å². The van der Waals surface area contributed by atoms with Crippen LogP contribution >= 0.6 is 15.9 Å². The summed E-state index contributed by atoms with van der Waals surface area (Å²) in [6.07, 6.45) is -0.149. The number of likely N-dealkylation sites (N-methyl/N-ethyl adjacent to an activating group) is 1. The van der Waals surface area contributed by atoms with Gasteiger partial charge in [0.1, 0.15) is 6.17 Å². The molecular formula is C12H14BrN3O2. The molecule has 96 valence electrons. The number of ketones is 1. The standard InChI is InChI=1S/C12H14BrN3O2/c1-15-12(11(18)7-17)16(8-14-15)6-9-3-2-4-10(13)5-9/h2-5,7,12,14H,6,8H2,1H3. The molecule has 0 saturated carbocycles. The number of rotatable bonds is 4. The van der Waals surface area contributed by atoms with Gasteiger partial charge in [0.2, 0.25) is 5.78 Å². The highest BCUT2D eigenvalue weighted by molar-refractivity contribution is 9.10. The maximum absolute atomic E-state index is 11.6. The van der Waals surface area contributed by atoms with Gasteiger partial charge in [-0.05, 0) is 17.7 Å². The number of nitrogens with one attached hydrogen (secondary N) is 1. The SMILES string of the molecule is CN1NCN(Cc2cccc(Br)c2)C1C(=O)C=O. The van der Waals surface area contributed by atoms with E-state index in [1.54, 1.807) is 12.1 Å². The molecule has 1 heterocycles. The number of carbonyl (C=O) groups is 2. The predicted octanol–water partition coefficient (Wildman–Crippen LogP) is 0.753. The van der Waals surface area contributed by atoms with E-state index in [4.69, 9.17) is 0 Å². The summed E-state index contributed by atoms with van der Waals surface area (Å²) >= 11 is 3.41. The largest absolute Gasteiger partial charge is 0.294 e. The van der Waals surface area contributed by atoms with Crippen LogP contribution in [0.1, 0.15) is 5.56 Å². The van der Waals surface area contributed by atoms with E-state index >= 15 is 0 Å². The molecule has 2 rings (SSSR count). The molecule has 0 radical (unpaired) electrons. The minimum atomic E-state index is -0.526. The third kappa shape index (κ3) is 2.84. The van der Waals surface area contributed by atoms with Gasteiger partial charge in [-0.25, -0.2) is 10.4 Å². The summed E-state index contributed by atoms with van der Waals surface area (Å²) in [5.41, 5.74) is 4.13. The first-order valence-corrected chi connectivity index (χ1v) is 6.35. The number of Topliss-reactive ketones (excluding diaryl/α,β-unsaturated/α-hetero) is 1. The van der Waals surface area contributed by atoms with Crippen LogP contribution in [-0.4, -0.2) is 41.9 Å². The summed E-state index contributed by atoms with van der Waals surface area (Å²) in [6.45, 7) is 1.16. The van der Waals surface area contributed by atoms with Gasteiger partial charge in [0.15, 0.2) is 6.29 Å². The molecule has 6 heteroatoms. The lowest BCUT2D eigenvalue weighted by molar-refractivity contribution is -0.136. The van der Waals surface area contributed by atoms with E-state index in [2.05, 4.69) is 21.4 Å². The van der Waals surface area contributed by atoms with Gasteiger partial charge in [-0.15, -0.1) is 0 Å². The van der Waals surface area contributed by atoms with Crippen molar-refractivity contribution in [1.82, 2.24) is 15.3 Å². The Hall–Kier alpha value is -1.08. The number of carbonyl (C=O) groups excluding carboxylic acids is 2. The lowest BCUT2D eigenvalue weighted by Crippen LogP contribution is -2.44. The smallest absolute Gasteiger partial charge is 0.228 e. The summed E-state index contributed by atoms with van der Waals surface area (Å²) in [7, 11) is 1.76. The van der Waals surface area contributed by atoms with Crippen LogP contribution < -0.4 is 5.43 Å². The normalized spacial score (nSPS) is 21.1. The summed E-state index contributed by atoms with van der Waals surface area (Å²) in [4.78, 5) is 24.2. The lowest BCUT2D eigenvalue weighted by Gasteiger charge is -2.23. The fourth-order valence-electron chi connectivity index (χ4n) is 2.06. The predicted molar refractivity (Wildman–Crippen MR) is 70.3 cm³/mol. The average molecular weight is 312 g/mol. The monoisotopic (exact) mass is 311 g/mol. The molecule has 0 bridgehead atoms. The third-order valence-electron chi connectivity index (χ3n) is 2.88. The minimum Gasteiger partial charge on any atom is -0.294 e. The van der Waals surface area contributed by atoms with Gasteiger partial charge in [0.25, 0.3) is 0 Å². The molecule has 0 aliphatic carbocycles. The number of aldehydes is 1. The zero-order chi connectivity index (χ0) is 13.1. The Morgan fingerprint density at radius 3 is 3.06 bits per heavy atom. The first-order valence-electron chi connectivity index (χ1n) is 5.55. The summed E-state index contributed by atoms with van der Waals surface area (Å²) in [6, 6.07) is 7.89. The highest BCUT2D eigenvalue weighted by atomic mass is 79.9. The topological polar surface area (TPSA) is 52.6 Å². The van der Waals surface area contributed by atoms with Crippen molar-refractivity contribution in [2.45, 2.75) is 12.7 Å². The Kier molecular flexibility index (Phi) is 4.23. The van der Waals surface area contributed by atoms with E-state index in [0.29, 0.717) is 19.5 Å². The molecule has 1 atom stereocenters. The first kappa shape index (κ1) is 13.4. The van der Waals surface area contributed by atoms with Crippen LogP contribution in [0.5, 0.6) is 0 Å². The van der Waals surface area contributed by atoms with Gasteiger partial charge in [0.05, 0.1) is 6.67 Å². The average Bonchev–Trinajstić information content (AvgIpc) is 2.70. The second kappa shape index (κ2) is 5.71. The van der Waals surface area contributed by atoms with E-state index in [-0.39, 0.29) is 0 Å². The Labute approximate surface area is 114 Å². The molecular weight excluding hydrogens is 298 g/mol. The molecule has 1 fully saturated rings. The van der Waals surface area contributed by atoms with Crippen LogP contribution in [0.15, 0.2) is 28.7 Å². The van der Waals surface area contributed by atoms with Crippen LogP contribution in [0.25, 0.3) is 0 Å². The Morgan fingerprint density at radius 1 is 1.61 bits per heavy atom. The lowest BCUT2D eigenvalue weighted by atomic mass is 10.2. The van der Waals surface area contributed by atoms with Crippen LogP contribution in [0, 0.1) is 0 Å². The molecule has 1 aromatic rings. The highest BCUT2D eigenvalue weighted by Gasteiger charge is 2.34. The van der Waals surface area contributed by atoms with Gasteiger partial charge in [-0.3, -0.25) is 14.5 Å². The van der Waals surface area contributed by atoms with Crippen molar-refractivity contribution < 1.29 is 9.59 Å². The zero-order valence-corrected chi connectivity index (χ0v) is 11.6. The van der Waals surface area contributed by atoms with E-state index in [0.717, 1.165) is 10.0 Å². The Bertz CT molecular complexity index is 466. The van der Waals surface area contributed by atoms with E-state index in [1.165, 1.54) is 0 Å². The van der Waals surface area contributed by atoms with Crippen LogP contribution in [0.3, 0.4) is 0 Å². The van der Waals surface area contributed by atoms with Crippen molar-refractivity contribution in [2.24, 2.45) is 0 Å². The molecule has 1 aromatic carbocycles. The number of nitrogens with zero attached hydrogens (tertiary/aromatic N) is 2. The molecule has 1 unspecified atom stereocenters. The first-order chi connectivity index (χ1) is 8.61. The molecule has 0 spiro atoms. The van der Waals surface area contributed by atoms with Crippen molar-refractivity contribution in [1.29, 1.82) is 0 Å². The number of halogens is 1. The molecule has 0 aromatic heterocycles. The maximum atomic E-state index is 11.6. The van der Waals surface area contributed by atoms with Gasteiger partial charge in [-0.2, -0.15) is 0 Å². The van der Waals surface area contributed by atoms with Crippen molar-refractivity contribution in [3.63, 3.8) is 0 Å². The fourth-order valence-corrected chi connectivity index (χ4v) is 2.51. The number of hydrogen-bond donors (Lipinski definition) is 1. The summed E-state index contributed by atoms with van der Waals surface area (Å²) in [5.74, 6) is -0.433. The van der Waals surface area contributed by atoms with Crippen molar-refractivity contribution >= 4 is 28.0 Å². The third-order valence-corrected chi connectivity index (χ3v) is 3.37. The highest BCUT2D eigenvalue weighted by Crippen LogP contribution is 2.17. The zero-order valence-electron chi connectivity index (χ0n) is 9.97.